The number of nitrogens with one attached hydrogen (secondary N) is 2. The van der Waals surface area contributed by atoms with Gasteiger partial charge in [0.15, 0.2) is 0 Å². The molecule has 144 valence electrons. The molecule has 26 heavy (non-hydrogen) atoms. The number of amides is 1. The maximum atomic E-state index is 12.6. The standard InChI is InChI=1S/C19H29N3O3S/c1-2-22-26(24,25)17-8-6-13(7-9-17)12-21-19(23)16-10-14-4-3-5-15(11-16)18(14)20/h6-9,14-16,18,22H,2-5,10-12,20H2,1H3,(H,21,23). The van der Waals surface area contributed by atoms with Crippen molar-refractivity contribution in [3.63, 3.8) is 0 Å². The van der Waals surface area contributed by atoms with Crippen LogP contribution >= 0.6 is 0 Å². The third-order valence-electron chi connectivity index (χ3n) is 5.82. The third-order valence-corrected chi connectivity index (χ3v) is 7.38. The van der Waals surface area contributed by atoms with Gasteiger partial charge in [-0.1, -0.05) is 25.5 Å². The summed E-state index contributed by atoms with van der Waals surface area (Å²) in [5, 5.41) is 3.01. The molecule has 7 heteroatoms. The number of carbonyl (C=O) groups excluding carboxylic acids is 1. The third kappa shape index (κ3) is 4.27. The summed E-state index contributed by atoms with van der Waals surface area (Å²) >= 11 is 0. The molecule has 3 rings (SSSR count). The smallest absolute Gasteiger partial charge is 0.240 e. The lowest BCUT2D eigenvalue weighted by molar-refractivity contribution is -0.128. The molecule has 2 fully saturated rings. The molecule has 0 heterocycles. The van der Waals surface area contributed by atoms with Crippen molar-refractivity contribution >= 4 is 15.9 Å². The van der Waals surface area contributed by atoms with Gasteiger partial charge in [-0.25, -0.2) is 13.1 Å². The first-order chi connectivity index (χ1) is 12.4. The molecule has 1 aromatic rings. The Morgan fingerprint density at radius 3 is 2.35 bits per heavy atom. The molecule has 0 radical (unpaired) electrons. The topological polar surface area (TPSA) is 101 Å². The Labute approximate surface area is 156 Å². The molecular formula is C19H29N3O3S. The van der Waals surface area contributed by atoms with E-state index in [1.54, 1.807) is 31.2 Å². The summed E-state index contributed by atoms with van der Waals surface area (Å²) < 4.78 is 26.4. The zero-order valence-corrected chi connectivity index (χ0v) is 16.1. The Morgan fingerprint density at radius 2 is 1.77 bits per heavy atom. The molecule has 6 nitrogen and oxygen atoms in total. The molecule has 2 aliphatic rings. The van der Waals surface area contributed by atoms with Gasteiger partial charge in [-0.2, -0.15) is 0 Å². The van der Waals surface area contributed by atoms with Gasteiger partial charge in [-0.3, -0.25) is 4.79 Å². The highest BCUT2D eigenvalue weighted by molar-refractivity contribution is 7.89. The van der Waals surface area contributed by atoms with Gasteiger partial charge in [-0.15, -0.1) is 0 Å². The van der Waals surface area contributed by atoms with Gasteiger partial charge >= 0.3 is 0 Å². The zero-order valence-electron chi connectivity index (χ0n) is 15.3. The van der Waals surface area contributed by atoms with E-state index in [0.29, 0.717) is 24.9 Å². The molecular weight excluding hydrogens is 350 g/mol. The molecule has 0 spiro atoms. The lowest BCUT2D eigenvalue weighted by Gasteiger charge is -2.43. The molecule has 1 amide bonds. The van der Waals surface area contributed by atoms with Gasteiger partial charge in [-0.05, 0) is 55.2 Å². The summed E-state index contributed by atoms with van der Waals surface area (Å²) in [4.78, 5) is 12.8. The van der Waals surface area contributed by atoms with Crippen molar-refractivity contribution in [2.24, 2.45) is 23.5 Å². The van der Waals surface area contributed by atoms with Crippen LogP contribution in [0.1, 0.15) is 44.6 Å². The van der Waals surface area contributed by atoms with Crippen LogP contribution < -0.4 is 15.8 Å². The van der Waals surface area contributed by atoms with Gasteiger partial charge in [0.1, 0.15) is 0 Å². The van der Waals surface area contributed by atoms with Crippen molar-refractivity contribution in [1.29, 1.82) is 0 Å². The highest BCUT2D eigenvalue weighted by Crippen LogP contribution is 2.41. The number of hydrogen-bond acceptors (Lipinski definition) is 4. The number of hydrogen-bond donors (Lipinski definition) is 3. The van der Waals surface area contributed by atoms with E-state index >= 15 is 0 Å². The highest BCUT2D eigenvalue weighted by Gasteiger charge is 2.40. The van der Waals surface area contributed by atoms with Crippen molar-refractivity contribution in [3.8, 4) is 0 Å². The molecule has 2 saturated carbocycles. The molecule has 2 atom stereocenters. The first-order valence-electron chi connectivity index (χ1n) is 9.52. The van der Waals surface area contributed by atoms with Crippen LogP contribution in [-0.4, -0.2) is 26.9 Å². The first kappa shape index (κ1) is 19.3. The number of benzene rings is 1. The van der Waals surface area contributed by atoms with Crippen LogP contribution in [0.15, 0.2) is 29.2 Å². The molecule has 2 aliphatic carbocycles. The lowest BCUT2D eigenvalue weighted by atomic mass is 9.65. The fourth-order valence-corrected chi connectivity index (χ4v) is 5.44. The van der Waals surface area contributed by atoms with Crippen LogP contribution in [-0.2, 0) is 21.4 Å². The van der Waals surface area contributed by atoms with Gasteiger partial charge in [0.2, 0.25) is 15.9 Å². The van der Waals surface area contributed by atoms with Crippen LogP contribution in [0.3, 0.4) is 0 Å². The Kier molecular flexibility index (Phi) is 5.99. The normalized spacial score (nSPS) is 28.5. The Balaban J connectivity index is 1.55. The van der Waals surface area contributed by atoms with Crippen LogP contribution in [0.5, 0.6) is 0 Å². The minimum absolute atomic E-state index is 0.0542. The fourth-order valence-electron chi connectivity index (χ4n) is 4.40. The molecule has 0 aromatic heterocycles. The van der Waals surface area contributed by atoms with Crippen molar-refractivity contribution in [3.05, 3.63) is 29.8 Å². The van der Waals surface area contributed by atoms with E-state index in [0.717, 1.165) is 31.2 Å². The van der Waals surface area contributed by atoms with Crippen molar-refractivity contribution in [1.82, 2.24) is 10.0 Å². The molecule has 0 saturated heterocycles. The molecule has 0 aliphatic heterocycles. The molecule has 2 unspecified atom stereocenters. The number of nitrogens with two attached hydrogens (primary N) is 1. The van der Waals surface area contributed by atoms with E-state index in [4.69, 9.17) is 5.73 Å². The van der Waals surface area contributed by atoms with Crippen LogP contribution in [0.2, 0.25) is 0 Å². The van der Waals surface area contributed by atoms with E-state index in [1.165, 1.54) is 6.42 Å². The Morgan fingerprint density at radius 1 is 1.15 bits per heavy atom. The summed E-state index contributed by atoms with van der Waals surface area (Å²) in [7, 11) is -3.44. The maximum Gasteiger partial charge on any atom is 0.240 e. The average Bonchev–Trinajstić information content (AvgIpc) is 2.60. The second-order valence-electron chi connectivity index (χ2n) is 7.56. The number of rotatable bonds is 6. The lowest BCUT2D eigenvalue weighted by Crippen LogP contribution is -2.49. The Hall–Kier alpha value is -1.44. The zero-order chi connectivity index (χ0) is 18.7. The molecule has 1 aromatic carbocycles. The van der Waals surface area contributed by atoms with Crippen molar-refractivity contribution in [2.45, 2.75) is 56.5 Å². The summed E-state index contributed by atoms with van der Waals surface area (Å²) in [6, 6.07) is 6.90. The second kappa shape index (κ2) is 8.06. The monoisotopic (exact) mass is 379 g/mol. The quantitative estimate of drug-likeness (QED) is 0.701. The van der Waals surface area contributed by atoms with E-state index < -0.39 is 10.0 Å². The van der Waals surface area contributed by atoms with Gasteiger partial charge in [0.25, 0.3) is 0 Å². The van der Waals surface area contributed by atoms with Gasteiger partial charge in [0.05, 0.1) is 4.90 Å². The predicted octanol–water partition coefficient (Wildman–Crippen LogP) is 1.75. The van der Waals surface area contributed by atoms with Crippen LogP contribution in [0.25, 0.3) is 0 Å². The number of carbonyl (C=O) groups is 1. The van der Waals surface area contributed by atoms with E-state index in [-0.39, 0.29) is 22.8 Å². The maximum absolute atomic E-state index is 12.6. The predicted molar refractivity (Wildman–Crippen MR) is 101 cm³/mol. The fraction of sp³-hybridized carbons (Fsp3) is 0.632. The van der Waals surface area contributed by atoms with Gasteiger partial charge in [0, 0.05) is 25.0 Å². The summed E-state index contributed by atoms with van der Waals surface area (Å²) in [5.41, 5.74) is 7.19. The van der Waals surface area contributed by atoms with Crippen molar-refractivity contribution < 1.29 is 13.2 Å². The average molecular weight is 380 g/mol. The second-order valence-corrected chi connectivity index (χ2v) is 9.33. The van der Waals surface area contributed by atoms with Crippen molar-refractivity contribution in [2.75, 3.05) is 6.54 Å². The van der Waals surface area contributed by atoms with E-state index in [2.05, 4.69) is 10.0 Å². The molecule has 4 N–H and O–H groups in total. The van der Waals surface area contributed by atoms with E-state index in [9.17, 15) is 13.2 Å². The Bertz CT molecular complexity index is 719. The summed E-state index contributed by atoms with van der Waals surface area (Å²) in [5.74, 6) is 1.11. The van der Waals surface area contributed by atoms with Crippen LogP contribution in [0, 0.1) is 17.8 Å². The number of sulfonamides is 1. The molecule has 2 bridgehead atoms. The first-order valence-corrected chi connectivity index (χ1v) is 11.0. The highest BCUT2D eigenvalue weighted by atomic mass is 32.2. The minimum atomic E-state index is -3.44. The largest absolute Gasteiger partial charge is 0.352 e. The SMILES string of the molecule is CCNS(=O)(=O)c1ccc(CNC(=O)C2CC3CCCC(C2)C3N)cc1. The van der Waals surface area contributed by atoms with Crippen LogP contribution in [0.4, 0.5) is 0 Å². The van der Waals surface area contributed by atoms with Gasteiger partial charge < -0.3 is 11.1 Å². The summed E-state index contributed by atoms with van der Waals surface area (Å²) in [6.07, 6.45) is 5.30. The minimum Gasteiger partial charge on any atom is -0.352 e. The summed E-state index contributed by atoms with van der Waals surface area (Å²) in [6.45, 7) is 2.51. The van der Waals surface area contributed by atoms with E-state index in [1.807, 2.05) is 0 Å². The number of fused-ring (bicyclic) bond motifs is 2.